The van der Waals surface area contributed by atoms with Crippen LogP contribution in [0.2, 0.25) is 0 Å². The summed E-state index contributed by atoms with van der Waals surface area (Å²) in [6, 6.07) is 3.03. The van der Waals surface area contributed by atoms with Gasteiger partial charge < -0.3 is 14.9 Å². The highest BCUT2D eigenvalue weighted by Gasteiger charge is 2.38. The normalized spacial score (nSPS) is 25.5. The zero-order valence-electron chi connectivity index (χ0n) is 13.4. The van der Waals surface area contributed by atoms with Gasteiger partial charge in [0.05, 0.1) is 5.56 Å². The molecule has 3 rings (SSSR count). The maximum absolute atomic E-state index is 12.7. The van der Waals surface area contributed by atoms with Gasteiger partial charge in [-0.15, -0.1) is 0 Å². The van der Waals surface area contributed by atoms with Gasteiger partial charge >= 0.3 is 5.97 Å². The molecule has 0 radical (unpaired) electrons. The molecule has 0 bridgehead atoms. The van der Waals surface area contributed by atoms with Crippen LogP contribution < -0.4 is 0 Å². The van der Waals surface area contributed by atoms with E-state index < -0.39 is 12.0 Å². The number of carboxylic acid groups (broad SMARTS) is 1. The van der Waals surface area contributed by atoms with Gasteiger partial charge in [0.1, 0.15) is 6.04 Å². The van der Waals surface area contributed by atoms with Gasteiger partial charge in [0.15, 0.2) is 0 Å². The van der Waals surface area contributed by atoms with E-state index in [1.165, 1.54) is 23.9 Å². The zero-order chi connectivity index (χ0) is 16.4. The quantitative estimate of drug-likeness (QED) is 0.915. The van der Waals surface area contributed by atoms with Crippen molar-refractivity contribution in [3.05, 3.63) is 29.6 Å². The van der Waals surface area contributed by atoms with Gasteiger partial charge in [0, 0.05) is 24.5 Å². The Hall–Kier alpha value is -1.95. The van der Waals surface area contributed by atoms with Gasteiger partial charge in [-0.1, -0.05) is 0 Å². The number of nitrogens with zero attached hydrogens (tertiary/aromatic N) is 3. The number of carbonyl (C=O) groups is 2. The molecule has 0 aliphatic carbocycles. The number of rotatable bonds is 3. The Morgan fingerprint density at radius 1 is 1.22 bits per heavy atom. The van der Waals surface area contributed by atoms with Crippen LogP contribution in [0.3, 0.4) is 0 Å². The first kappa shape index (κ1) is 15.9. The van der Waals surface area contributed by atoms with Crippen molar-refractivity contribution < 1.29 is 14.7 Å². The second-order valence-corrected chi connectivity index (χ2v) is 6.46. The van der Waals surface area contributed by atoms with Gasteiger partial charge in [-0.05, 0) is 57.8 Å². The summed E-state index contributed by atoms with van der Waals surface area (Å²) in [5, 5.41) is 9.58. The average molecular weight is 317 g/mol. The number of piperidine rings is 1. The first-order chi connectivity index (χ1) is 11.1. The van der Waals surface area contributed by atoms with Crippen molar-refractivity contribution in [3.63, 3.8) is 0 Å². The van der Waals surface area contributed by atoms with E-state index in [4.69, 9.17) is 0 Å². The Morgan fingerprint density at radius 2 is 1.96 bits per heavy atom. The fourth-order valence-electron chi connectivity index (χ4n) is 3.62. The molecule has 2 unspecified atom stereocenters. The largest absolute Gasteiger partial charge is 0.480 e. The molecule has 0 aromatic carbocycles. The number of aliphatic carboxylic acids is 1. The molecule has 1 N–H and O–H groups in total. The van der Waals surface area contributed by atoms with Crippen LogP contribution in [0.4, 0.5) is 0 Å². The van der Waals surface area contributed by atoms with E-state index in [9.17, 15) is 14.7 Å². The lowest BCUT2D eigenvalue weighted by Gasteiger charge is -2.40. The van der Waals surface area contributed by atoms with E-state index >= 15 is 0 Å². The summed E-state index contributed by atoms with van der Waals surface area (Å²) in [7, 11) is 0. The molecular formula is C17H23N3O3. The lowest BCUT2D eigenvalue weighted by Crippen LogP contribution is -2.54. The minimum Gasteiger partial charge on any atom is -0.480 e. The maximum Gasteiger partial charge on any atom is 0.326 e. The van der Waals surface area contributed by atoms with Crippen LogP contribution >= 0.6 is 0 Å². The van der Waals surface area contributed by atoms with Crippen molar-refractivity contribution in [3.8, 4) is 0 Å². The summed E-state index contributed by atoms with van der Waals surface area (Å²) < 4.78 is 0. The monoisotopic (exact) mass is 317 g/mol. The highest BCUT2D eigenvalue weighted by molar-refractivity contribution is 5.96. The number of likely N-dealkylation sites (tertiary alicyclic amines) is 2. The van der Waals surface area contributed by atoms with Crippen molar-refractivity contribution in [2.75, 3.05) is 19.6 Å². The molecule has 2 fully saturated rings. The third kappa shape index (κ3) is 3.37. The molecule has 0 saturated carbocycles. The van der Waals surface area contributed by atoms with Crippen molar-refractivity contribution >= 4 is 11.9 Å². The van der Waals surface area contributed by atoms with Gasteiger partial charge in [-0.2, -0.15) is 0 Å². The van der Waals surface area contributed by atoms with Crippen LogP contribution in [0.1, 0.15) is 41.7 Å². The molecule has 3 heterocycles. The Kier molecular flexibility index (Phi) is 4.61. The molecule has 1 aromatic rings. The fourth-order valence-corrected chi connectivity index (χ4v) is 3.62. The molecule has 2 saturated heterocycles. The summed E-state index contributed by atoms with van der Waals surface area (Å²) in [5.41, 5.74) is 1.30. The lowest BCUT2D eigenvalue weighted by molar-refractivity contribution is -0.144. The number of carboxylic acids is 1. The summed E-state index contributed by atoms with van der Waals surface area (Å²) >= 11 is 0. The zero-order valence-corrected chi connectivity index (χ0v) is 13.4. The van der Waals surface area contributed by atoms with Crippen LogP contribution in [-0.4, -0.2) is 63.5 Å². The highest BCUT2D eigenvalue weighted by Crippen LogP contribution is 2.26. The number of aromatic nitrogens is 1. The molecule has 6 heteroatoms. The number of amides is 1. The SMILES string of the molecule is Cc1ccc(C(=O)N2CCC(N3CCCC3)CC2C(=O)O)cn1. The van der Waals surface area contributed by atoms with Crippen molar-refractivity contribution in [2.45, 2.75) is 44.7 Å². The van der Waals surface area contributed by atoms with E-state index in [0.717, 1.165) is 25.2 Å². The molecule has 0 spiro atoms. The van der Waals surface area contributed by atoms with Crippen LogP contribution in [0.15, 0.2) is 18.3 Å². The average Bonchev–Trinajstić information content (AvgIpc) is 3.09. The molecule has 2 aliphatic heterocycles. The van der Waals surface area contributed by atoms with Crippen LogP contribution in [0, 0.1) is 6.92 Å². The van der Waals surface area contributed by atoms with Crippen LogP contribution in [0.5, 0.6) is 0 Å². The molecular weight excluding hydrogens is 294 g/mol. The highest BCUT2D eigenvalue weighted by atomic mass is 16.4. The first-order valence-corrected chi connectivity index (χ1v) is 8.27. The van der Waals surface area contributed by atoms with E-state index in [1.54, 1.807) is 12.1 Å². The van der Waals surface area contributed by atoms with E-state index in [2.05, 4.69) is 9.88 Å². The summed E-state index contributed by atoms with van der Waals surface area (Å²) in [4.78, 5) is 32.4. The topological polar surface area (TPSA) is 73.7 Å². The van der Waals surface area contributed by atoms with Gasteiger partial charge in [-0.25, -0.2) is 4.79 Å². The van der Waals surface area contributed by atoms with Gasteiger partial charge in [0.2, 0.25) is 0 Å². The Morgan fingerprint density at radius 3 is 2.57 bits per heavy atom. The van der Waals surface area contributed by atoms with Crippen molar-refractivity contribution in [1.82, 2.24) is 14.8 Å². The molecule has 2 atom stereocenters. The van der Waals surface area contributed by atoms with Gasteiger partial charge in [-0.3, -0.25) is 9.78 Å². The number of hydrogen-bond donors (Lipinski definition) is 1. The van der Waals surface area contributed by atoms with Crippen LogP contribution in [-0.2, 0) is 4.79 Å². The second-order valence-electron chi connectivity index (χ2n) is 6.46. The van der Waals surface area contributed by atoms with Crippen molar-refractivity contribution in [1.29, 1.82) is 0 Å². The number of carbonyl (C=O) groups excluding carboxylic acids is 1. The van der Waals surface area contributed by atoms with Crippen LogP contribution in [0.25, 0.3) is 0 Å². The predicted octanol–water partition coefficient (Wildman–Crippen LogP) is 1.54. The smallest absolute Gasteiger partial charge is 0.326 e. The Labute approximate surface area is 136 Å². The molecule has 2 aliphatic rings. The Balaban J connectivity index is 1.74. The van der Waals surface area contributed by atoms with Gasteiger partial charge in [0.25, 0.3) is 5.91 Å². The standard InChI is InChI=1S/C17H23N3O3/c1-12-4-5-13(11-18-12)16(21)20-9-6-14(10-15(20)17(22)23)19-7-2-3-8-19/h4-5,11,14-15H,2-3,6-10H2,1H3,(H,22,23). The summed E-state index contributed by atoms with van der Waals surface area (Å²) in [5.74, 6) is -1.15. The number of pyridine rings is 1. The van der Waals surface area contributed by atoms with E-state index in [1.807, 2.05) is 6.92 Å². The minimum absolute atomic E-state index is 0.232. The summed E-state index contributed by atoms with van der Waals surface area (Å²) in [6.07, 6.45) is 5.26. The predicted molar refractivity (Wildman–Crippen MR) is 85.3 cm³/mol. The first-order valence-electron chi connectivity index (χ1n) is 8.27. The lowest BCUT2D eigenvalue weighted by atomic mass is 9.95. The second kappa shape index (κ2) is 6.66. The molecule has 1 amide bonds. The molecule has 124 valence electrons. The number of hydrogen-bond acceptors (Lipinski definition) is 4. The fraction of sp³-hybridized carbons (Fsp3) is 0.588. The molecule has 23 heavy (non-hydrogen) atoms. The summed E-state index contributed by atoms with van der Waals surface area (Å²) in [6.45, 7) is 4.44. The third-order valence-corrected chi connectivity index (χ3v) is 4.94. The van der Waals surface area contributed by atoms with E-state index in [-0.39, 0.29) is 11.9 Å². The number of aryl methyl sites for hydroxylation is 1. The Bertz CT molecular complexity index is 581. The maximum atomic E-state index is 12.7. The molecule has 1 aromatic heterocycles. The van der Waals surface area contributed by atoms with E-state index in [0.29, 0.717) is 18.5 Å². The minimum atomic E-state index is -0.915. The van der Waals surface area contributed by atoms with Crippen molar-refractivity contribution in [2.24, 2.45) is 0 Å². The third-order valence-electron chi connectivity index (χ3n) is 4.94. The molecule has 6 nitrogen and oxygen atoms in total.